The molecule has 0 amide bonds. The van der Waals surface area contributed by atoms with Gasteiger partial charge in [-0.3, -0.25) is 4.79 Å². The van der Waals surface area contributed by atoms with Crippen LogP contribution < -0.4 is 9.80 Å². The first-order valence-corrected chi connectivity index (χ1v) is 7.82. The molecule has 2 saturated heterocycles. The van der Waals surface area contributed by atoms with Gasteiger partial charge in [-0.15, -0.1) is 11.6 Å². The number of nitrogens with zero attached hydrogens (tertiary/aromatic N) is 2. The Hall–Kier alpha value is -1.37. The third kappa shape index (κ3) is 3.04. The molecule has 1 aromatic rings. The number of hydrogen-bond acceptors (Lipinski definition) is 5. The van der Waals surface area contributed by atoms with Crippen LogP contribution in [-0.2, 0) is 14.3 Å². The van der Waals surface area contributed by atoms with Crippen molar-refractivity contribution < 1.29 is 18.7 Å². The predicted molar refractivity (Wildman–Crippen MR) is 82.2 cm³/mol. The van der Waals surface area contributed by atoms with Crippen molar-refractivity contribution in [3.05, 3.63) is 24.0 Å². The number of aldehydes is 1. The first-order valence-electron chi connectivity index (χ1n) is 7.28. The van der Waals surface area contributed by atoms with Gasteiger partial charge >= 0.3 is 0 Å². The summed E-state index contributed by atoms with van der Waals surface area (Å²) in [7, 11) is 0. The third-order valence-electron chi connectivity index (χ3n) is 3.94. The summed E-state index contributed by atoms with van der Waals surface area (Å²) in [6, 6.07) is 5.00. The van der Waals surface area contributed by atoms with Gasteiger partial charge in [-0.1, -0.05) is 0 Å². The normalized spacial score (nSPS) is 25.5. The summed E-state index contributed by atoms with van der Waals surface area (Å²) < 4.78 is 25.2. The lowest BCUT2D eigenvalue weighted by Crippen LogP contribution is -2.37. The van der Waals surface area contributed by atoms with Crippen molar-refractivity contribution in [1.82, 2.24) is 0 Å². The second-order valence-corrected chi connectivity index (χ2v) is 5.64. The monoisotopic (exact) mass is 328 g/mol. The van der Waals surface area contributed by atoms with E-state index in [9.17, 15) is 9.18 Å². The third-order valence-corrected chi connectivity index (χ3v) is 4.29. The van der Waals surface area contributed by atoms with E-state index in [1.807, 2.05) is 11.0 Å². The van der Waals surface area contributed by atoms with E-state index in [2.05, 4.69) is 0 Å². The minimum absolute atomic E-state index is 0.223. The van der Waals surface area contributed by atoms with Crippen LogP contribution in [0.4, 0.5) is 15.8 Å². The van der Waals surface area contributed by atoms with E-state index in [-0.39, 0.29) is 11.9 Å². The number of anilines is 2. The summed E-state index contributed by atoms with van der Waals surface area (Å²) in [6.45, 7) is 3.03. The molecule has 2 fully saturated rings. The lowest BCUT2D eigenvalue weighted by atomic mass is 10.2. The molecule has 1 unspecified atom stereocenters. The Bertz CT molecular complexity index is 540. The zero-order chi connectivity index (χ0) is 15.5. The number of hydrogen-bond donors (Lipinski definition) is 0. The number of benzene rings is 1. The number of rotatable bonds is 4. The van der Waals surface area contributed by atoms with Crippen LogP contribution in [0.5, 0.6) is 0 Å². The Morgan fingerprint density at radius 3 is 2.77 bits per heavy atom. The quantitative estimate of drug-likeness (QED) is 0.621. The summed E-state index contributed by atoms with van der Waals surface area (Å²) in [5.74, 6) is -0.00629. The number of halogens is 2. The molecule has 3 rings (SSSR count). The van der Waals surface area contributed by atoms with Crippen molar-refractivity contribution in [2.24, 2.45) is 0 Å². The molecule has 0 N–H and O–H groups in total. The molecule has 0 saturated carbocycles. The Labute approximate surface area is 133 Å². The largest absolute Gasteiger partial charge is 0.378 e. The molecule has 0 spiro atoms. The fourth-order valence-corrected chi connectivity index (χ4v) is 2.99. The second kappa shape index (κ2) is 6.81. The van der Waals surface area contributed by atoms with Crippen molar-refractivity contribution in [3.63, 3.8) is 0 Å². The number of alkyl halides is 1. The van der Waals surface area contributed by atoms with E-state index in [0.29, 0.717) is 56.4 Å². The Kier molecular flexibility index (Phi) is 4.81. The van der Waals surface area contributed by atoms with Gasteiger partial charge in [-0.25, -0.2) is 4.39 Å². The number of ether oxygens (including phenoxy) is 2. The zero-order valence-electron chi connectivity index (χ0n) is 12.1. The van der Waals surface area contributed by atoms with Crippen LogP contribution in [0.1, 0.15) is 0 Å². The lowest BCUT2D eigenvalue weighted by molar-refractivity contribution is -0.116. The van der Waals surface area contributed by atoms with Gasteiger partial charge in [-0.2, -0.15) is 0 Å². The summed E-state index contributed by atoms with van der Waals surface area (Å²) in [5, 5.41) is 0. The minimum atomic E-state index is -0.711. The standard InChI is InChI=1S/C15H18ClFN2O3/c16-8-12-9-19(15(10-20)22-12)11-1-2-14(13(17)7-11)18-3-5-21-6-4-18/h1-2,7,10,12,15H,3-6,8-9H2/t12-,15?/m1/s1. The van der Waals surface area contributed by atoms with Gasteiger partial charge in [0.25, 0.3) is 0 Å². The minimum Gasteiger partial charge on any atom is -0.378 e. The van der Waals surface area contributed by atoms with Gasteiger partial charge in [0.2, 0.25) is 0 Å². The highest BCUT2D eigenvalue weighted by molar-refractivity contribution is 6.18. The van der Waals surface area contributed by atoms with Gasteiger partial charge in [0.15, 0.2) is 12.5 Å². The van der Waals surface area contributed by atoms with E-state index >= 15 is 0 Å². The highest BCUT2D eigenvalue weighted by Crippen LogP contribution is 2.29. The van der Waals surface area contributed by atoms with Crippen LogP contribution in [0.2, 0.25) is 0 Å². The van der Waals surface area contributed by atoms with Crippen molar-refractivity contribution in [2.45, 2.75) is 12.3 Å². The van der Waals surface area contributed by atoms with Crippen LogP contribution in [0.3, 0.4) is 0 Å². The molecule has 0 bridgehead atoms. The summed E-state index contributed by atoms with van der Waals surface area (Å²) in [5.41, 5.74) is 1.18. The molecule has 22 heavy (non-hydrogen) atoms. The Balaban J connectivity index is 1.80. The van der Waals surface area contributed by atoms with Crippen molar-refractivity contribution >= 4 is 29.3 Å². The molecular formula is C15H18ClFN2O3. The van der Waals surface area contributed by atoms with Crippen LogP contribution in [0.25, 0.3) is 0 Å². The van der Waals surface area contributed by atoms with Gasteiger partial charge in [0.1, 0.15) is 5.82 Å². The summed E-state index contributed by atoms with van der Waals surface area (Å²) in [6.07, 6.45) is -0.225. The van der Waals surface area contributed by atoms with Crippen LogP contribution in [0, 0.1) is 5.82 Å². The maximum absolute atomic E-state index is 14.4. The topological polar surface area (TPSA) is 42.0 Å². The molecule has 1 aromatic carbocycles. The van der Waals surface area contributed by atoms with E-state index < -0.39 is 6.23 Å². The van der Waals surface area contributed by atoms with E-state index in [0.717, 1.165) is 0 Å². The fraction of sp³-hybridized carbons (Fsp3) is 0.533. The maximum atomic E-state index is 14.4. The first kappa shape index (κ1) is 15.5. The van der Waals surface area contributed by atoms with Gasteiger partial charge in [0, 0.05) is 25.3 Å². The highest BCUT2D eigenvalue weighted by Gasteiger charge is 2.32. The smallest absolute Gasteiger partial charge is 0.187 e. The van der Waals surface area contributed by atoms with E-state index in [1.165, 1.54) is 6.07 Å². The SMILES string of the molecule is O=CC1O[C@H](CCl)CN1c1ccc(N2CCOCC2)c(F)c1. The average Bonchev–Trinajstić information content (AvgIpc) is 2.99. The number of carbonyl (C=O) groups is 1. The molecule has 120 valence electrons. The van der Waals surface area contributed by atoms with Crippen LogP contribution in [0.15, 0.2) is 18.2 Å². The van der Waals surface area contributed by atoms with Gasteiger partial charge < -0.3 is 19.3 Å². The van der Waals surface area contributed by atoms with E-state index in [1.54, 1.807) is 11.0 Å². The molecule has 0 aromatic heterocycles. The molecule has 2 atom stereocenters. The van der Waals surface area contributed by atoms with Gasteiger partial charge in [0.05, 0.1) is 30.9 Å². The first-order chi connectivity index (χ1) is 10.7. The second-order valence-electron chi connectivity index (χ2n) is 5.33. The molecule has 5 nitrogen and oxygen atoms in total. The van der Waals surface area contributed by atoms with Crippen molar-refractivity contribution in [1.29, 1.82) is 0 Å². The lowest BCUT2D eigenvalue weighted by Gasteiger charge is -2.30. The molecule has 0 radical (unpaired) electrons. The van der Waals surface area contributed by atoms with Crippen molar-refractivity contribution in [3.8, 4) is 0 Å². The Morgan fingerprint density at radius 1 is 1.36 bits per heavy atom. The number of morpholine rings is 1. The highest BCUT2D eigenvalue weighted by atomic mass is 35.5. The predicted octanol–water partition coefficient (Wildman–Crippen LogP) is 1.63. The summed E-state index contributed by atoms with van der Waals surface area (Å²) >= 11 is 5.78. The summed E-state index contributed by atoms with van der Waals surface area (Å²) in [4.78, 5) is 14.8. The molecule has 7 heteroatoms. The fourth-order valence-electron chi connectivity index (χ4n) is 2.82. The average molecular weight is 329 g/mol. The molecule has 2 aliphatic rings. The molecule has 2 aliphatic heterocycles. The molecule has 0 aliphatic carbocycles. The van der Waals surface area contributed by atoms with Crippen LogP contribution in [-0.4, -0.2) is 57.3 Å². The maximum Gasteiger partial charge on any atom is 0.187 e. The molecule has 2 heterocycles. The van der Waals surface area contributed by atoms with Crippen molar-refractivity contribution in [2.75, 3.05) is 48.5 Å². The van der Waals surface area contributed by atoms with E-state index in [4.69, 9.17) is 21.1 Å². The Morgan fingerprint density at radius 2 is 2.14 bits per heavy atom. The molecular weight excluding hydrogens is 311 g/mol. The van der Waals surface area contributed by atoms with Gasteiger partial charge in [-0.05, 0) is 18.2 Å². The zero-order valence-corrected chi connectivity index (χ0v) is 12.8. The van der Waals surface area contributed by atoms with Crippen LogP contribution >= 0.6 is 11.6 Å². The number of carbonyl (C=O) groups excluding carboxylic acids is 1.